The molecule has 1 aromatic heterocycles. The molecule has 0 aliphatic rings. The van der Waals surface area contributed by atoms with Gasteiger partial charge in [-0.05, 0) is 12.8 Å². The van der Waals surface area contributed by atoms with Crippen LogP contribution in [0.15, 0.2) is 10.7 Å². The third kappa shape index (κ3) is 1.88. The monoisotopic (exact) mass is 124 g/mol. The molecular weight excluding hydrogens is 114 g/mol. The van der Waals surface area contributed by atoms with Crippen LogP contribution in [0.5, 0.6) is 0 Å². The lowest BCUT2D eigenvalue weighted by atomic mass is 10.2. The minimum atomic E-state index is 1.04. The number of aromatic nitrogens is 1. The molecule has 0 saturated carbocycles. The second-order valence-electron chi connectivity index (χ2n) is 2.06. The van der Waals surface area contributed by atoms with Crippen LogP contribution in [0, 0.1) is 6.26 Å². The zero-order chi connectivity index (χ0) is 6.53. The topological polar surface area (TPSA) is 26.0 Å². The second kappa shape index (κ2) is 3.28. The first kappa shape index (κ1) is 6.33. The van der Waals surface area contributed by atoms with Gasteiger partial charge in [0.15, 0.2) is 0 Å². The summed E-state index contributed by atoms with van der Waals surface area (Å²) in [6.45, 7) is 2.16. The number of nitrogens with zero attached hydrogens (tertiary/aromatic N) is 1. The van der Waals surface area contributed by atoms with E-state index in [1.165, 1.54) is 12.8 Å². The molecule has 1 aromatic rings. The van der Waals surface area contributed by atoms with E-state index in [0.29, 0.717) is 0 Å². The molecule has 0 amide bonds. The zero-order valence-corrected chi connectivity index (χ0v) is 5.55. The standard InChI is InChI=1S/C7H10NO/c1-2-3-4-7-5-8-9-6-7/h5H,2-4H2,1H3. The Morgan fingerprint density at radius 1 is 1.78 bits per heavy atom. The van der Waals surface area contributed by atoms with Gasteiger partial charge in [-0.25, -0.2) is 0 Å². The number of hydrogen-bond acceptors (Lipinski definition) is 2. The molecule has 0 spiro atoms. The zero-order valence-electron chi connectivity index (χ0n) is 5.55. The Hall–Kier alpha value is -0.790. The molecule has 1 rings (SSSR count). The van der Waals surface area contributed by atoms with Crippen molar-refractivity contribution in [2.75, 3.05) is 0 Å². The first-order valence-electron chi connectivity index (χ1n) is 3.24. The Balaban J connectivity index is 2.30. The fraction of sp³-hybridized carbons (Fsp3) is 0.571. The number of unbranched alkanes of at least 4 members (excludes halogenated alkanes) is 1. The average molecular weight is 124 g/mol. The minimum Gasteiger partial charge on any atom is -0.353 e. The van der Waals surface area contributed by atoms with Crippen molar-refractivity contribution in [2.24, 2.45) is 0 Å². The Bertz CT molecular complexity index is 146. The first-order valence-corrected chi connectivity index (χ1v) is 3.24. The van der Waals surface area contributed by atoms with E-state index in [0.717, 1.165) is 12.0 Å². The molecule has 2 heteroatoms. The number of aryl methyl sites for hydroxylation is 1. The van der Waals surface area contributed by atoms with E-state index in [-0.39, 0.29) is 0 Å². The van der Waals surface area contributed by atoms with Gasteiger partial charge in [0.1, 0.15) is 0 Å². The largest absolute Gasteiger partial charge is 0.353 e. The van der Waals surface area contributed by atoms with Gasteiger partial charge < -0.3 is 4.52 Å². The molecule has 0 aliphatic carbocycles. The summed E-state index contributed by atoms with van der Waals surface area (Å²) in [7, 11) is 0. The van der Waals surface area contributed by atoms with Crippen LogP contribution >= 0.6 is 0 Å². The van der Waals surface area contributed by atoms with E-state index in [1.54, 1.807) is 6.20 Å². The summed E-state index contributed by atoms with van der Waals surface area (Å²) in [4.78, 5) is 0. The molecule has 0 fully saturated rings. The summed E-state index contributed by atoms with van der Waals surface area (Å²) < 4.78 is 4.54. The van der Waals surface area contributed by atoms with Gasteiger partial charge in [0.05, 0.1) is 6.20 Å². The van der Waals surface area contributed by atoms with Gasteiger partial charge >= 0.3 is 0 Å². The van der Waals surface area contributed by atoms with Crippen LogP contribution in [0.2, 0.25) is 0 Å². The van der Waals surface area contributed by atoms with Gasteiger partial charge in [0.2, 0.25) is 6.26 Å². The highest BCUT2D eigenvalue weighted by molar-refractivity contribution is 4.97. The van der Waals surface area contributed by atoms with E-state index in [2.05, 4.69) is 22.9 Å². The van der Waals surface area contributed by atoms with E-state index >= 15 is 0 Å². The first-order chi connectivity index (χ1) is 4.43. The van der Waals surface area contributed by atoms with Gasteiger partial charge in [-0.1, -0.05) is 18.5 Å². The maximum absolute atomic E-state index is 4.54. The van der Waals surface area contributed by atoms with Crippen molar-refractivity contribution in [1.29, 1.82) is 0 Å². The van der Waals surface area contributed by atoms with E-state index in [9.17, 15) is 0 Å². The summed E-state index contributed by atoms with van der Waals surface area (Å²) in [6.07, 6.45) is 7.84. The van der Waals surface area contributed by atoms with Crippen LogP contribution in [-0.4, -0.2) is 5.16 Å². The third-order valence-electron chi connectivity index (χ3n) is 1.24. The van der Waals surface area contributed by atoms with Crippen molar-refractivity contribution in [2.45, 2.75) is 26.2 Å². The highest BCUT2D eigenvalue weighted by atomic mass is 16.5. The van der Waals surface area contributed by atoms with Crippen molar-refractivity contribution in [3.63, 3.8) is 0 Å². The van der Waals surface area contributed by atoms with Crippen molar-refractivity contribution in [1.82, 2.24) is 5.16 Å². The van der Waals surface area contributed by atoms with Gasteiger partial charge in [-0.15, -0.1) is 0 Å². The van der Waals surface area contributed by atoms with Crippen LogP contribution in [0.25, 0.3) is 0 Å². The molecule has 0 aliphatic heterocycles. The van der Waals surface area contributed by atoms with E-state index in [4.69, 9.17) is 0 Å². The molecule has 0 bridgehead atoms. The fourth-order valence-corrected chi connectivity index (χ4v) is 0.684. The molecule has 1 radical (unpaired) electrons. The Morgan fingerprint density at radius 2 is 2.67 bits per heavy atom. The SMILES string of the molecule is CCCCc1[c]onc1. The molecular formula is C7H10NO. The predicted octanol–water partition coefficient (Wildman–Crippen LogP) is 1.82. The predicted molar refractivity (Wildman–Crippen MR) is 34.0 cm³/mol. The maximum Gasteiger partial charge on any atom is 0.208 e. The van der Waals surface area contributed by atoms with Gasteiger partial charge in [-0.2, -0.15) is 0 Å². The number of hydrogen-bond donors (Lipinski definition) is 0. The molecule has 1 heterocycles. The Morgan fingerprint density at radius 3 is 3.22 bits per heavy atom. The van der Waals surface area contributed by atoms with Gasteiger partial charge in [0.25, 0.3) is 0 Å². The molecule has 2 nitrogen and oxygen atoms in total. The summed E-state index contributed by atoms with van der Waals surface area (Å²) in [5, 5.41) is 3.54. The lowest BCUT2D eigenvalue weighted by molar-refractivity contribution is 0.411. The molecule has 49 valence electrons. The quantitative estimate of drug-likeness (QED) is 0.614. The fourth-order valence-electron chi connectivity index (χ4n) is 0.684. The van der Waals surface area contributed by atoms with Gasteiger partial charge in [0, 0.05) is 5.56 Å². The van der Waals surface area contributed by atoms with E-state index in [1.807, 2.05) is 0 Å². The van der Waals surface area contributed by atoms with E-state index < -0.39 is 0 Å². The van der Waals surface area contributed by atoms with Crippen molar-refractivity contribution < 1.29 is 4.52 Å². The molecule has 0 saturated heterocycles. The maximum atomic E-state index is 4.54. The Kier molecular flexibility index (Phi) is 2.31. The smallest absolute Gasteiger partial charge is 0.208 e. The van der Waals surface area contributed by atoms with Crippen LogP contribution in [-0.2, 0) is 6.42 Å². The molecule has 0 N–H and O–H groups in total. The van der Waals surface area contributed by atoms with Crippen LogP contribution in [0.3, 0.4) is 0 Å². The molecule has 0 atom stereocenters. The van der Waals surface area contributed by atoms with Crippen molar-refractivity contribution in [3.05, 3.63) is 18.0 Å². The summed E-state index contributed by atoms with van der Waals surface area (Å²) >= 11 is 0. The van der Waals surface area contributed by atoms with Crippen LogP contribution < -0.4 is 0 Å². The summed E-state index contributed by atoms with van der Waals surface area (Å²) in [5.74, 6) is 0. The summed E-state index contributed by atoms with van der Waals surface area (Å²) in [6, 6.07) is 0. The molecule has 9 heavy (non-hydrogen) atoms. The summed E-state index contributed by atoms with van der Waals surface area (Å²) in [5.41, 5.74) is 1.08. The Labute approximate surface area is 54.9 Å². The highest BCUT2D eigenvalue weighted by Crippen LogP contribution is 2.01. The minimum absolute atomic E-state index is 1.04. The highest BCUT2D eigenvalue weighted by Gasteiger charge is 1.93. The molecule has 0 unspecified atom stereocenters. The second-order valence-corrected chi connectivity index (χ2v) is 2.06. The van der Waals surface area contributed by atoms with Gasteiger partial charge in [-0.3, -0.25) is 0 Å². The lowest BCUT2D eigenvalue weighted by Gasteiger charge is -1.87. The van der Waals surface area contributed by atoms with Crippen molar-refractivity contribution in [3.8, 4) is 0 Å². The normalized spacial score (nSPS) is 9.89. The van der Waals surface area contributed by atoms with Crippen LogP contribution in [0.4, 0.5) is 0 Å². The van der Waals surface area contributed by atoms with Crippen molar-refractivity contribution >= 4 is 0 Å². The molecule has 0 aromatic carbocycles. The average Bonchev–Trinajstić information content (AvgIpc) is 2.34. The lowest BCUT2D eigenvalue weighted by Crippen LogP contribution is -1.78. The number of rotatable bonds is 3. The third-order valence-corrected chi connectivity index (χ3v) is 1.24. The van der Waals surface area contributed by atoms with Crippen LogP contribution in [0.1, 0.15) is 25.3 Å².